The van der Waals surface area contributed by atoms with Gasteiger partial charge in [0.25, 0.3) is 5.56 Å². The Morgan fingerprint density at radius 3 is 2.55 bits per heavy atom. The summed E-state index contributed by atoms with van der Waals surface area (Å²) in [6, 6.07) is 15.0. The van der Waals surface area contributed by atoms with Crippen LogP contribution < -0.4 is 10.9 Å². The summed E-state index contributed by atoms with van der Waals surface area (Å²) >= 11 is 1.62. The third kappa shape index (κ3) is 5.90. The molecule has 0 spiro atoms. The highest BCUT2D eigenvalue weighted by Gasteiger charge is 2.12. The smallest absolute Gasteiger partial charge is 0.258 e. The van der Waals surface area contributed by atoms with Crippen LogP contribution in [0.4, 0.5) is 5.69 Å². The zero-order valence-corrected chi connectivity index (χ0v) is 17.6. The Labute approximate surface area is 174 Å². The van der Waals surface area contributed by atoms with Gasteiger partial charge in [0.1, 0.15) is 5.82 Å². The molecular formula is C21H25N5O2S. The van der Waals surface area contributed by atoms with Gasteiger partial charge in [-0.2, -0.15) is 0 Å². The second-order valence-corrected chi connectivity index (χ2v) is 8.19. The molecule has 0 aliphatic rings. The van der Waals surface area contributed by atoms with Gasteiger partial charge in [0.2, 0.25) is 5.91 Å². The average Bonchev–Trinajstić information content (AvgIpc) is 2.68. The van der Waals surface area contributed by atoms with Gasteiger partial charge in [0, 0.05) is 10.6 Å². The van der Waals surface area contributed by atoms with Gasteiger partial charge in [-0.05, 0) is 69.0 Å². The van der Waals surface area contributed by atoms with E-state index in [1.54, 1.807) is 18.0 Å². The molecule has 3 aromatic rings. The van der Waals surface area contributed by atoms with Crippen molar-refractivity contribution < 1.29 is 4.79 Å². The highest BCUT2D eigenvalue weighted by molar-refractivity contribution is 7.97. The fraction of sp³-hybridized carbons (Fsp3) is 0.286. The van der Waals surface area contributed by atoms with Crippen molar-refractivity contribution in [2.45, 2.75) is 18.4 Å². The lowest BCUT2D eigenvalue weighted by atomic mass is 10.2. The van der Waals surface area contributed by atoms with Crippen LogP contribution >= 0.6 is 11.9 Å². The third-order valence-electron chi connectivity index (χ3n) is 4.28. The lowest BCUT2D eigenvalue weighted by molar-refractivity contribution is -0.117. The number of benzene rings is 2. The van der Waals surface area contributed by atoms with Crippen LogP contribution in [-0.4, -0.2) is 52.3 Å². The topological polar surface area (TPSA) is 81.3 Å². The van der Waals surface area contributed by atoms with Crippen molar-refractivity contribution in [3.05, 3.63) is 64.7 Å². The molecule has 2 aromatic carbocycles. The van der Waals surface area contributed by atoms with Gasteiger partial charge in [-0.25, -0.2) is 4.98 Å². The minimum Gasteiger partial charge on any atom is -0.325 e. The summed E-state index contributed by atoms with van der Waals surface area (Å²) in [6.45, 7) is 3.23. The van der Waals surface area contributed by atoms with E-state index >= 15 is 0 Å². The fourth-order valence-corrected chi connectivity index (χ4v) is 3.59. The van der Waals surface area contributed by atoms with E-state index < -0.39 is 0 Å². The van der Waals surface area contributed by atoms with Crippen LogP contribution in [0.15, 0.2) is 58.2 Å². The van der Waals surface area contributed by atoms with Crippen molar-refractivity contribution in [3.63, 3.8) is 0 Å². The maximum Gasteiger partial charge on any atom is 0.258 e. The minimum atomic E-state index is -0.165. The first kappa shape index (κ1) is 21.0. The molecule has 0 saturated carbocycles. The number of anilines is 1. The minimum absolute atomic E-state index is 0.108. The van der Waals surface area contributed by atoms with Crippen LogP contribution in [0, 0.1) is 0 Å². The number of carbonyl (C=O) groups excluding carboxylic acids is 1. The number of hydrogen-bond acceptors (Lipinski definition) is 6. The molecule has 1 aromatic heterocycles. The van der Waals surface area contributed by atoms with Crippen molar-refractivity contribution in [2.24, 2.45) is 0 Å². The normalized spacial score (nSPS) is 11.3. The van der Waals surface area contributed by atoms with E-state index in [4.69, 9.17) is 0 Å². The highest BCUT2D eigenvalue weighted by atomic mass is 32.2. The first-order valence-electron chi connectivity index (χ1n) is 9.40. The van der Waals surface area contributed by atoms with Crippen LogP contribution in [0.1, 0.15) is 12.7 Å². The lowest BCUT2D eigenvalue weighted by Gasteiger charge is -2.19. The average molecular weight is 412 g/mol. The molecule has 2 N–H and O–H groups in total. The zero-order valence-electron chi connectivity index (χ0n) is 16.8. The van der Waals surface area contributed by atoms with Crippen LogP contribution in [0.2, 0.25) is 0 Å². The number of carbonyl (C=O) groups is 1. The van der Waals surface area contributed by atoms with E-state index in [2.05, 4.69) is 15.3 Å². The number of likely N-dealkylation sites (N-methyl/N-ethyl adjacent to an activating group) is 1. The number of aromatic nitrogens is 2. The molecule has 0 bridgehead atoms. The van der Waals surface area contributed by atoms with Crippen LogP contribution in [-0.2, 0) is 11.3 Å². The van der Waals surface area contributed by atoms with Gasteiger partial charge in [0.05, 0.1) is 24.0 Å². The maximum absolute atomic E-state index is 12.5. The van der Waals surface area contributed by atoms with E-state index in [0.717, 1.165) is 10.6 Å². The van der Waals surface area contributed by atoms with Gasteiger partial charge in [-0.15, -0.1) is 0 Å². The largest absolute Gasteiger partial charge is 0.325 e. The molecule has 1 amide bonds. The molecule has 8 heteroatoms. The molecule has 29 heavy (non-hydrogen) atoms. The molecule has 3 rings (SSSR count). The number of fused-ring (bicyclic) bond motifs is 1. The van der Waals surface area contributed by atoms with Gasteiger partial charge in [0.15, 0.2) is 0 Å². The molecule has 0 radical (unpaired) electrons. The maximum atomic E-state index is 12.5. The van der Waals surface area contributed by atoms with Crippen LogP contribution in [0.3, 0.4) is 0 Å². The lowest BCUT2D eigenvalue weighted by Crippen LogP contribution is -2.33. The monoisotopic (exact) mass is 411 g/mol. The third-order valence-corrected chi connectivity index (χ3v) is 5.12. The molecule has 0 saturated heterocycles. The number of rotatable bonds is 8. The summed E-state index contributed by atoms with van der Waals surface area (Å²) in [6.07, 6.45) is 0. The zero-order chi connectivity index (χ0) is 20.8. The number of aromatic amines is 1. The summed E-state index contributed by atoms with van der Waals surface area (Å²) in [7, 11) is 3.97. The number of para-hydroxylation sites is 1. The molecule has 0 aliphatic heterocycles. The Hall–Kier alpha value is -2.68. The second-order valence-electron chi connectivity index (χ2n) is 6.81. The van der Waals surface area contributed by atoms with Crippen molar-refractivity contribution in [1.29, 1.82) is 0 Å². The highest BCUT2D eigenvalue weighted by Crippen LogP contribution is 2.21. The van der Waals surface area contributed by atoms with E-state index in [1.807, 2.05) is 72.7 Å². The van der Waals surface area contributed by atoms with Crippen LogP contribution in [0.5, 0.6) is 0 Å². The van der Waals surface area contributed by atoms with Crippen molar-refractivity contribution >= 4 is 34.4 Å². The summed E-state index contributed by atoms with van der Waals surface area (Å²) in [5.74, 6) is 0.441. The molecular weight excluding hydrogens is 386 g/mol. The fourth-order valence-electron chi connectivity index (χ4n) is 2.91. The Balaban J connectivity index is 1.62. The quantitative estimate of drug-likeness (QED) is 0.555. The number of nitrogens with zero attached hydrogens (tertiary/aromatic N) is 3. The number of nitrogens with one attached hydrogen (secondary N) is 2. The first-order chi connectivity index (χ1) is 13.9. The SMILES string of the molecule is CCN(CC(=O)Nc1ccc(SN(C)C)cc1)Cc1nc2ccccc2c(=O)[nH]1. The Kier molecular flexibility index (Phi) is 7.03. The Morgan fingerprint density at radius 2 is 1.86 bits per heavy atom. The predicted molar refractivity (Wildman–Crippen MR) is 118 cm³/mol. The molecule has 7 nitrogen and oxygen atoms in total. The predicted octanol–water partition coefficient (Wildman–Crippen LogP) is 2.95. The van der Waals surface area contributed by atoms with Crippen molar-refractivity contribution in [3.8, 4) is 0 Å². The first-order valence-corrected chi connectivity index (χ1v) is 10.2. The molecule has 1 heterocycles. The molecule has 0 unspecified atom stereocenters. The summed E-state index contributed by atoms with van der Waals surface area (Å²) in [4.78, 5) is 35.0. The molecule has 152 valence electrons. The molecule has 0 atom stereocenters. The molecule has 0 fully saturated rings. The van der Waals surface area contributed by atoms with E-state index in [0.29, 0.717) is 29.8 Å². The van der Waals surface area contributed by atoms with Gasteiger partial charge >= 0.3 is 0 Å². The number of amides is 1. The Morgan fingerprint density at radius 1 is 1.14 bits per heavy atom. The van der Waals surface area contributed by atoms with Crippen LogP contribution in [0.25, 0.3) is 10.9 Å². The van der Waals surface area contributed by atoms with Gasteiger partial charge in [-0.3, -0.25) is 18.8 Å². The van der Waals surface area contributed by atoms with Crippen molar-refractivity contribution in [1.82, 2.24) is 19.2 Å². The van der Waals surface area contributed by atoms with Gasteiger partial charge < -0.3 is 10.3 Å². The summed E-state index contributed by atoms with van der Waals surface area (Å²) in [5, 5.41) is 3.48. The van der Waals surface area contributed by atoms with E-state index in [-0.39, 0.29) is 18.0 Å². The van der Waals surface area contributed by atoms with E-state index in [1.165, 1.54) is 0 Å². The standard InChI is InChI=1S/C21H25N5O2S/c1-4-26(13-19-23-18-8-6-5-7-17(18)21(28)24-19)14-20(27)22-15-9-11-16(12-10-15)29-25(2)3/h5-12H,4,13-14H2,1-3H3,(H,22,27)(H,23,24,28). The Bertz CT molecular complexity index is 1030. The molecule has 0 aliphatic carbocycles. The van der Waals surface area contributed by atoms with E-state index in [9.17, 15) is 9.59 Å². The summed E-state index contributed by atoms with van der Waals surface area (Å²) in [5.41, 5.74) is 1.25. The second kappa shape index (κ2) is 9.69. The summed E-state index contributed by atoms with van der Waals surface area (Å²) < 4.78 is 2.01. The number of hydrogen-bond donors (Lipinski definition) is 2. The van der Waals surface area contributed by atoms with Crippen molar-refractivity contribution in [2.75, 3.05) is 32.5 Å². The number of H-pyrrole nitrogens is 1. The van der Waals surface area contributed by atoms with Gasteiger partial charge in [-0.1, -0.05) is 19.1 Å².